The Bertz CT molecular complexity index is 1580. The van der Waals surface area contributed by atoms with Crippen LogP contribution < -0.4 is 21.7 Å². The molecule has 13 nitrogen and oxygen atoms in total. The summed E-state index contributed by atoms with van der Waals surface area (Å²) in [5.74, 6) is -3.51. The van der Waals surface area contributed by atoms with Gasteiger partial charge in [0.25, 0.3) is 0 Å². The van der Waals surface area contributed by atoms with E-state index >= 15 is 0 Å². The maximum atomic E-state index is 13.5. The van der Waals surface area contributed by atoms with Gasteiger partial charge in [-0.3, -0.25) is 19.2 Å². The lowest BCUT2D eigenvalue weighted by atomic mass is 10.0. The van der Waals surface area contributed by atoms with Gasteiger partial charge >= 0.3 is 5.97 Å². The molecule has 0 aliphatic carbocycles. The fraction of sp³-hybridized carbons (Fsp3) is 0.343. The average molecular weight is 660 g/mol. The summed E-state index contributed by atoms with van der Waals surface area (Å²) in [6.07, 6.45) is 1.08. The predicted molar refractivity (Wildman–Crippen MR) is 176 cm³/mol. The van der Waals surface area contributed by atoms with Gasteiger partial charge in [0.2, 0.25) is 23.6 Å². The number of phenols is 2. The Hall–Kier alpha value is -5.43. The minimum Gasteiger partial charge on any atom is -0.508 e. The molecule has 5 atom stereocenters. The number of carboxylic acid groups (broad SMARTS) is 1. The van der Waals surface area contributed by atoms with E-state index in [1.807, 2.05) is 0 Å². The number of nitrogens with zero attached hydrogens (tertiary/aromatic N) is 1. The zero-order valence-corrected chi connectivity index (χ0v) is 26.5. The SMILES string of the molecule is C[C@H](NC(=O)[C@H](Cc1ccc(O)cc1)NC(=O)[C@@H](N)Cc1ccc(O)cc1)C(=O)N1CCC[C@H]1C(=O)N[C@@H](Cc1ccccc1)C(=O)O. The van der Waals surface area contributed by atoms with Gasteiger partial charge in [-0.25, -0.2) is 4.79 Å². The summed E-state index contributed by atoms with van der Waals surface area (Å²) in [7, 11) is 0. The van der Waals surface area contributed by atoms with Crippen molar-refractivity contribution in [3.05, 3.63) is 95.6 Å². The van der Waals surface area contributed by atoms with E-state index in [-0.39, 0.29) is 37.3 Å². The smallest absolute Gasteiger partial charge is 0.326 e. The highest BCUT2D eigenvalue weighted by molar-refractivity contribution is 5.95. The van der Waals surface area contributed by atoms with Crippen LogP contribution >= 0.6 is 0 Å². The number of carboxylic acids is 1. The second kappa shape index (κ2) is 16.4. The molecule has 8 N–H and O–H groups in total. The Balaban J connectivity index is 1.41. The lowest BCUT2D eigenvalue weighted by molar-refractivity contribution is -0.144. The molecule has 1 fully saturated rings. The third kappa shape index (κ3) is 9.79. The number of aromatic hydroxyl groups is 2. The number of aliphatic carboxylic acids is 1. The highest BCUT2D eigenvalue weighted by Gasteiger charge is 2.38. The van der Waals surface area contributed by atoms with Gasteiger partial charge in [0.1, 0.15) is 35.7 Å². The second-order valence-corrected chi connectivity index (χ2v) is 11.9. The maximum absolute atomic E-state index is 13.5. The number of likely N-dealkylation sites (tertiary alicyclic amines) is 1. The summed E-state index contributed by atoms with van der Waals surface area (Å²) in [6, 6.07) is 15.8. The molecule has 0 unspecified atom stereocenters. The summed E-state index contributed by atoms with van der Waals surface area (Å²) in [6.45, 7) is 1.71. The maximum Gasteiger partial charge on any atom is 0.326 e. The van der Waals surface area contributed by atoms with E-state index in [2.05, 4.69) is 16.0 Å². The van der Waals surface area contributed by atoms with Crippen LogP contribution in [-0.2, 0) is 43.2 Å². The first-order valence-corrected chi connectivity index (χ1v) is 15.7. The van der Waals surface area contributed by atoms with E-state index in [1.165, 1.54) is 36.1 Å². The summed E-state index contributed by atoms with van der Waals surface area (Å²) in [5, 5.41) is 36.8. The minimum absolute atomic E-state index is 0.0252. The number of rotatable bonds is 14. The molecule has 3 aromatic rings. The standard InChI is InChI=1S/C35H41N5O8/c1-21(34(46)40-17-5-8-30(40)33(45)39-29(35(47)48)20-22-6-3-2-4-7-22)37-32(44)28(19-24-11-15-26(42)16-12-24)38-31(43)27(36)18-23-9-13-25(41)14-10-23/h2-4,6-7,9-16,21,27-30,41-42H,5,8,17-20,36H2,1H3,(H,37,44)(H,38,43)(H,39,45)(H,47,48)/t21-,27-,28-,29-,30-/m0/s1. The number of hydrogen-bond donors (Lipinski definition) is 7. The van der Waals surface area contributed by atoms with Crippen molar-refractivity contribution in [1.29, 1.82) is 0 Å². The molecule has 0 radical (unpaired) electrons. The first-order chi connectivity index (χ1) is 22.9. The Morgan fingerprint density at radius 3 is 1.88 bits per heavy atom. The van der Waals surface area contributed by atoms with Crippen LogP contribution in [0.3, 0.4) is 0 Å². The monoisotopic (exact) mass is 659 g/mol. The van der Waals surface area contributed by atoms with Crippen molar-refractivity contribution < 1.29 is 39.3 Å². The predicted octanol–water partition coefficient (Wildman–Crippen LogP) is 1.00. The van der Waals surface area contributed by atoms with Gasteiger partial charge in [-0.15, -0.1) is 0 Å². The minimum atomic E-state index is -1.20. The van der Waals surface area contributed by atoms with E-state index in [4.69, 9.17) is 5.73 Å². The average Bonchev–Trinajstić information content (AvgIpc) is 3.56. The molecule has 0 aromatic heterocycles. The number of hydrogen-bond acceptors (Lipinski definition) is 8. The Kier molecular flexibility index (Phi) is 12.1. The van der Waals surface area contributed by atoms with Gasteiger partial charge in [-0.1, -0.05) is 54.6 Å². The molecule has 4 amide bonds. The number of nitrogens with one attached hydrogen (secondary N) is 3. The van der Waals surface area contributed by atoms with Crippen LogP contribution in [-0.4, -0.2) is 86.6 Å². The van der Waals surface area contributed by atoms with Crippen LogP contribution in [0.1, 0.15) is 36.5 Å². The zero-order chi connectivity index (χ0) is 34.8. The number of phenolic OH excluding ortho intramolecular Hbond substituents is 2. The van der Waals surface area contributed by atoms with E-state index in [1.54, 1.807) is 54.6 Å². The topological polar surface area (TPSA) is 211 Å². The van der Waals surface area contributed by atoms with Crippen molar-refractivity contribution in [2.45, 2.75) is 69.2 Å². The summed E-state index contributed by atoms with van der Waals surface area (Å²) in [4.78, 5) is 66.7. The first-order valence-electron chi connectivity index (χ1n) is 15.7. The number of carbonyl (C=O) groups excluding carboxylic acids is 4. The molecule has 48 heavy (non-hydrogen) atoms. The number of carbonyl (C=O) groups is 5. The molecule has 0 spiro atoms. The van der Waals surface area contributed by atoms with Crippen molar-refractivity contribution in [2.75, 3.05) is 6.54 Å². The van der Waals surface area contributed by atoms with E-state index < -0.39 is 59.8 Å². The van der Waals surface area contributed by atoms with E-state index in [9.17, 15) is 39.3 Å². The van der Waals surface area contributed by atoms with Crippen molar-refractivity contribution in [2.24, 2.45) is 5.73 Å². The van der Waals surface area contributed by atoms with E-state index in [0.717, 1.165) is 5.56 Å². The van der Waals surface area contributed by atoms with Crippen LogP contribution in [0.5, 0.6) is 11.5 Å². The third-order valence-corrected chi connectivity index (χ3v) is 8.20. The zero-order valence-electron chi connectivity index (χ0n) is 26.5. The number of nitrogens with two attached hydrogens (primary N) is 1. The summed E-state index contributed by atoms with van der Waals surface area (Å²) < 4.78 is 0. The van der Waals surface area contributed by atoms with E-state index in [0.29, 0.717) is 24.0 Å². The number of amides is 4. The van der Waals surface area contributed by atoms with Crippen molar-refractivity contribution in [3.63, 3.8) is 0 Å². The Morgan fingerprint density at radius 2 is 1.29 bits per heavy atom. The van der Waals surface area contributed by atoms with Gasteiger partial charge in [-0.05, 0) is 67.1 Å². The molecule has 13 heteroatoms. The Morgan fingerprint density at radius 1 is 0.750 bits per heavy atom. The lowest BCUT2D eigenvalue weighted by Gasteiger charge is -2.29. The van der Waals surface area contributed by atoms with Crippen LogP contribution in [0.15, 0.2) is 78.9 Å². The normalized spacial score (nSPS) is 16.6. The largest absolute Gasteiger partial charge is 0.508 e. The fourth-order valence-electron chi connectivity index (χ4n) is 5.58. The molecule has 254 valence electrons. The van der Waals surface area contributed by atoms with Crippen molar-refractivity contribution in [1.82, 2.24) is 20.9 Å². The molecule has 1 aliphatic rings. The van der Waals surface area contributed by atoms with Crippen molar-refractivity contribution in [3.8, 4) is 11.5 Å². The van der Waals surface area contributed by atoms with Gasteiger partial charge in [0.05, 0.1) is 6.04 Å². The van der Waals surface area contributed by atoms with Gasteiger partial charge in [0.15, 0.2) is 0 Å². The quantitative estimate of drug-likeness (QED) is 0.131. The molecule has 1 saturated heterocycles. The molecule has 4 rings (SSSR count). The van der Waals surface area contributed by atoms with Gasteiger partial charge in [0, 0.05) is 19.4 Å². The van der Waals surface area contributed by atoms with Crippen LogP contribution in [0, 0.1) is 0 Å². The highest BCUT2D eigenvalue weighted by atomic mass is 16.4. The molecule has 1 aliphatic heterocycles. The van der Waals surface area contributed by atoms with Gasteiger partial charge in [-0.2, -0.15) is 0 Å². The molecule has 0 bridgehead atoms. The molecular weight excluding hydrogens is 618 g/mol. The van der Waals surface area contributed by atoms with Crippen LogP contribution in [0.2, 0.25) is 0 Å². The molecule has 0 saturated carbocycles. The lowest BCUT2D eigenvalue weighted by Crippen LogP contribution is -2.58. The summed E-state index contributed by atoms with van der Waals surface area (Å²) >= 11 is 0. The molecule has 1 heterocycles. The fourth-order valence-corrected chi connectivity index (χ4v) is 5.58. The van der Waals surface area contributed by atoms with Crippen LogP contribution in [0.25, 0.3) is 0 Å². The Labute approximate surface area is 278 Å². The second-order valence-electron chi connectivity index (χ2n) is 11.9. The third-order valence-electron chi connectivity index (χ3n) is 8.20. The first kappa shape index (κ1) is 35.4. The number of benzene rings is 3. The molecular formula is C35H41N5O8. The summed E-state index contributed by atoms with van der Waals surface area (Å²) in [5.41, 5.74) is 8.20. The highest BCUT2D eigenvalue weighted by Crippen LogP contribution is 2.20. The van der Waals surface area contributed by atoms with Crippen LogP contribution in [0.4, 0.5) is 0 Å². The van der Waals surface area contributed by atoms with Gasteiger partial charge < -0.3 is 41.9 Å². The molecule has 3 aromatic carbocycles. The van der Waals surface area contributed by atoms with Crippen molar-refractivity contribution >= 4 is 29.6 Å².